The third-order valence-electron chi connectivity index (χ3n) is 3.15. The summed E-state index contributed by atoms with van der Waals surface area (Å²) in [4.78, 5) is 22.3. The van der Waals surface area contributed by atoms with Gasteiger partial charge in [-0.2, -0.15) is 0 Å². The first kappa shape index (κ1) is 15.1. The molecule has 1 aromatic rings. The first-order valence-electron chi connectivity index (χ1n) is 6.46. The van der Waals surface area contributed by atoms with Gasteiger partial charge in [0, 0.05) is 11.2 Å². The van der Waals surface area contributed by atoms with Crippen molar-refractivity contribution in [2.24, 2.45) is 5.92 Å². The van der Waals surface area contributed by atoms with Gasteiger partial charge in [-0.25, -0.2) is 0 Å². The molecule has 2 atom stereocenters. The van der Waals surface area contributed by atoms with Crippen LogP contribution in [0.4, 0.5) is 0 Å². The Hall–Kier alpha value is -0.920. The van der Waals surface area contributed by atoms with Crippen molar-refractivity contribution in [2.45, 2.75) is 39.5 Å². The summed E-state index contributed by atoms with van der Waals surface area (Å²) in [6.07, 6.45) is 3.23. The molecule has 0 bridgehead atoms. The first-order chi connectivity index (χ1) is 8.54. The maximum Gasteiger partial charge on any atom is 0.293 e. The van der Waals surface area contributed by atoms with Gasteiger partial charge in [0.25, 0.3) is 7.37 Å². The summed E-state index contributed by atoms with van der Waals surface area (Å²) in [7, 11) is -3.89. The molecule has 0 spiro atoms. The Balaban J connectivity index is 2.90. The van der Waals surface area contributed by atoms with Crippen molar-refractivity contribution in [1.82, 2.24) is 0 Å². The van der Waals surface area contributed by atoms with E-state index in [1.54, 1.807) is 30.3 Å². The van der Waals surface area contributed by atoms with Gasteiger partial charge in [0.2, 0.25) is 5.52 Å². The highest BCUT2D eigenvalue weighted by Gasteiger charge is 2.35. The molecule has 0 aliphatic carbocycles. The minimum absolute atomic E-state index is 0.241. The van der Waals surface area contributed by atoms with Crippen LogP contribution in [0.2, 0.25) is 0 Å². The largest absolute Gasteiger partial charge is 0.336 e. The van der Waals surface area contributed by atoms with Gasteiger partial charge in [0.1, 0.15) is 0 Å². The Kier molecular flexibility index (Phi) is 5.77. The number of unbranched alkanes of at least 4 members (excludes halogenated alkanes) is 1. The fraction of sp³-hybridized carbons (Fsp3) is 0.500. The summed E-state index contributed by atoms with van der Waals surface area (Å²) >= 11 is 0. The van der Waals surface area contributed by atoms with Crippen molar-refractivity contribution in [3.05, 3.63) is 30.3 Å². The Morgan fingerprint density at radius 3 is 2.39 bits per heavy atom. The summed E-state index contributed by atoms with van der Waals surface area (Å²) < 4.78 is 12.3. The topological polar surface area (TPSA) is 54.4 Å². The molecule has 3 nitrogen and oxygen atoms in total. The van der Waals surface area contributed by atoms with Crippen molar-refractivity contribution >= 4 is 18.2 Å². The van der Waals surface area contributed by atoms with E-state index in [4.69, 9.17) is 0 Å². The molecule has 0 aliphatic heterocycles. The predicted octanol–water partition coefficient (Wildman–Crippen LogP) is 3.33. The van der Waals surface area contributed by atoms with Crippen molar-refractivity contribution in [3.8, 4) is 0 Å². The molecule has 2 unspecified atom stereocenters. The molecule has 1 rings (SSSR count). The number of carbonyl (C=O) groups excluding carboxylic acids is 1. The number of hydrogen-bond donors (Lipinski definition) is 1. The Morgan fingerprint density at radius 2 is 1.89 bits per heavy atom. The zero-order valence-corrected chi connectivity index (χ0v) is 11.9. The lowest BCUT2D eigenvalue weighted by molar-refractivity contribution is -0.116. The van der Waals surface area contributed by atoms with E-state index in [0.717, 1.165) is 12.8 Å². The fourth-order valence-electron chi connectivity index (χ4n) is 1.96. The molecule has 0 aromatic heterocycles. The predicted molar refractivity (Wildman–Crippen MR) is 74.2 cm³/mol. The molecular weight excluding hydrogens is 247 g/mol. The van der Waals surface area contributed by atoms with E-state index in [1.165, 1.54) is 0 Å². The molecule has 0 saturated carbocycles. The average Bonchev–Trinajstić information content (AvgIpc) is 2.40. The Bertz CT molecular complexity index is 428. The van der Waals surface area contributed by atoms with Crippen LogP contribution in [0.1, 0.15) is 39.5 Å². The first-order valence-corrected chi connectivity index (χ1v) is 8.12. The molecule has 0 aliphatic rings. The molecule has 1 aromatic carbocycles. The van der Waals surface area contributed by atoms with Gasteiger partial charge in [-0.15, -0.1) is 0 Å². The maximum absolute atomic E-state index is 12.3. The number of hydrogen-bond acceptors (Lipinski definition) is 2. The molecule has 100 valence electrons. The van der Waals surface area contributed by atoms with Crippen LogP contribution in [0, 0.1) is 5.92 Å². The third kappa shape index (κ3) is 3.54. The second-order valence-corrected chi connectivity index (χ2v) is 6.61. The van der Waals surface area contributed by atoms with Crippen LogP contribution in [-0.2, 0) is 9.36 Å². The van der Waals surface area contributed by atoms with Crippen LogP contribution in [0.25, 0.3) is 0 Å². The lowest BCUT2D eigenvalue weighted by Gasteiger charge is -2.17. The van der Waals surface area contributed by atoms with Gasteiger partial charge >= 0.3 is 0 Å². The molecular formula is C14H21O3P. The molecule has 0 amide bonds. The van der Waals surface area contributed by atoms with E-state index in [-0.39, 0.29) is 11.2 Å². The second kappa shape index (κ2) is 6.86. The van der Waals surface area contributed by atoms with Gasteiger partial charge in [-0.05, 0) is 25.0 Å². The van der Waals surface area contributed by atoms with Crippen molar-refractivity contribution in [3.63, 3.8) is 0 Å². The lowest BCUT2D eigenvalue weighted by Crippen LogP contribution is -2.20. The summed E-state index contributed by atoms with van der Waals surface area (Å²) in [5.74, 6) is -0.305. The maximum atomic E-state index is 12.3. The quantitative estimate of drug-likeness (QED) is 0.772. The summed E-state index contributed by atoms with van der Waals surface area (Å²) in [5, 5.41) is 0.241. The Labute approximate surface area is 109 Å². The number of rotatable bonds is 7. The minimum Gasteiger partial charge on any atom is -0.336 e. The molecule has 0 fully saturated rings. The molecule has 18 heavy (non-hydrogen) atoms. The van der Waals surface area contributed by atoms with Crippen LogP contribution < -0.4 is 5.30 Å². The molecule has 0 heterocycles. The number of benzene rings is 1. The second-order valence-electron chi connectivity index (χ2n) is 4.50. The van der Waals surface area contributed by atoms with E-state index < -0.39 is 12.9 Å². The Morgan fingerprint density at radius 1 is 1.28 bits per heavy atom. The van der Waals surface area contributed by atoms with Crippen LogP contribution in [0.5, 0.6) is 0 Å². The highest BCUT2D eigenvalue weighted by molar-refractivity contribution is 7.82. The normalized spacial score (nSPS) is 15.9. The van der Waals surface area contributed by atoms with E-state index >= 15 is 0 Å². The molecule has 0 saturated heterocycles. The average molecular weight is 268 g/mol. The van der Waals surface area contributed by atoms with Gasteiger partial charge in [0.15, 0.2) is 0 Å². The number of carbonyl (C=O) groups is 1. The lowest BCUT2D eigenvalue weighted by atomic mass is 10.0. The van der Waals surface area contributed by atoms with Gasteiger partial charge in [0.05, 0.1) is 0 Å². The minimum atomic E-state index is -3.89. The summed E-state index contributed by atoms with van der Waals surface area (Å²) in [5.41, 5.74) is -0.496. The fourth-order valence-corrected chi connectivity index (χ4v) is 3.59. The zero-order chi connectivity index (χ0) is 13.6. The SMILES string of the molecule is CCCCC(CC)C(=O)P(=O)(O)c1ccccc1. The van der Waals surface area contributed by atoms with E-state index in [2.05, 4.69) is 0 Å². The van der Waals surface area contributed by atoms with Crippen LogP contribution in [0.3, 0.4) is 0 Å². The van der Waals surface area contributed by atoms with Crippen LogP contribution in [-0.4, -0.2) is 10.4 Å². The van der Waals surface area contributed by atoms with Crippen molar-refractivity contribution < 1.29 is 14.3 Å². The van der Waals surface area contributed by atoms with Crippen LogP contribution in [0.15, 0.2) is 30.3 Å². The summed E-state index contributed by atoms with van der Waals surface area (Å²) in [6.45, 7) is 3.94. The monoisotopic (exact) mass is 268 g/mol. The zero-order valence-electron chi connectivity index (χ0n) is 11.0. The third-order valence-corrected chi connectivity index (χ3v) is 5.11. The van der Waals surface area contributed by atoms with Gasteiger partial charge in [-0.1, -0.05) is 44.9 Å². The standard InChI is InChI=1S/C14H21O3P/c1-3-5-9-12(4-2)14(15)18(16,17)13-10-7-6-8-11-13/h6-8,10-12H,3-5,9H2,1-2H3,(H,16,17). The highest BCUT2D eigenvalue weighted by atomic mass is 31.2. The summed E-state index contributed by atoms with van der Waals surface area (Å²) in [6, 6.07) is 8.22. The van der Waals surface area contributed by atoms with E-state index in [0.29, 0.717) is 12.8 Å². The van der Waals surface area contributed by atoms with Gasteiger partial charge < -0.3 is 4.89 Å². The van der Waals surface area contributed by atoms with Crippen LogP contribution >= 0.6 is 7.37 Å². The highest BCUT2D eigenvalue weighted by Crippen LogP contribution is 2.44. The smallest absolute Gasteiger partial charge is 0.293 e. The van der Waals surface area contributed by atoms with Crippen molar-refractivity contribution in [2.75, 3.05) is 0 Å². The molecule has 1 N–H and O–H groups in total. The van der Waals surface area contributed by atoms with Crippen molar-refractivity contribution in [1.29, 1.82) is 0 Å². The van der Waals surface area contributed by atoms with Gasteiger partial charge in [-0.3, -0.25) is 9.36 Å². The van der Waals surface area contributed by atoms with E-state index in [9.17, 15) is 14.3 Å². The molecule has 4 heteroatoms. The molecule has 0 radical (unpaired) electrons. The van der Waals surface area contributed by atoms with E-state index in [1.807, 2.05) is 13.8 Å².